The Labute approximate surface area is 457 Å². The van der Waals surface area contributed by atoms with Crippen molar-refractivity contribution >= 4 is 39.6 Å². The lowest BCUT2D eigenvalue weighted by atomic mass is 10.1. The lowest BCUT2D eigenvalue weighted by Gasteiger charge is -2.21. The number of hydroxylamine groups is 2. The molecule has 0 atom stereocenters. The van der Waals surface area contributed by atoms with E-state index in [4.69, 9.17) is 62.5 Å². The molecule has 0 radical (unpaired) electrons. The number of likely N-dealkylation sites (N-methyl/N-ethyl adjacent to an activating group) is 1. The molecule has 0 spiro atoms. The molecule has 444 valence electrons. The van der Waals surface area contributed by atoms with Gasteiger partial charge in [-0.1, -0.05) is 31.2 Å². The number of hydrogen-bond acceptors (Lipinski definition) is 20. The molecular formula is C51H74F4N6O17S. The summed E-state index contributed by atoms with van der Waals surface area (Å²) in [7, 11) is -3.60. The fourth-order valence-corrected chi connectivity index (χ4v) is 7.71. The van der Waals surface area contributed by atoms with Gasteiger partial charge < -0.3 is 57.8 Å². The third-order valence-corrected chi connectivity index (χ3v) is 11.8. The number of hydrogen-bond donors (Lipinski definition) is 2. The lowest BCUT2D eigenvalue weighted by molar-refractivity contribution is -0.180. The Bertz CT molecular complexity index is 2420. The van der Waals surface area contributed by atoms with E-state index in [-0.39, 0.29) is 45.4 Å². The molecule has 0 saturated heterocycles. The fraction of sp³-hybridized carbons (Fsp3) is 0.608. The molecule has 28 heteroatoms. The summed E-state index contributed by atoms with van der Waals surface area (Å²) < 4.78 is 147. The number of fused-ring (bicyclic) bond motifs is 1. The van der Waals surface area contributed by atoms with Crippen LogP contribution in [0.15, 0.2) is 45.9 Å². The maximum Gasteiger partial charge on any atom is 0.313 e. The van der Waals surface area contributed by atoms with Gasteiger partial charge in [-0.3, -0.25) is 28.6 Å². The molecule has 0 unspecified atom stereocenters. The van der Waals surface area contributed by atoms with Crippen molar-refractivity contribution in [3.05, 3.63) is 76.1 Å². The second kappa shape index (κ2) is 37.8. The molecule has 1 aliphatic rings. The molecule has 2 heterocycles. The molecule has 3 N–H and O–H groups in total. The van der Waals surface area contributed by atoms with Gasteiger partial charge in [-0.15, -0.1) is 0 Å². The van der Waals surface area contributed by atoms with Crippen molar-refractivity contribution in [1.29, 1.82) is 0 Å². The standard InChI is InChI=1S/C51H74F4N6O17S/c1-4-11-61(77-5-2)51(63)40-33-42-41(58-43(56)34-40)35-57-60(42)37-39-8-6-38(7-9-39)36-59(3)12-14-68-16-18-70-20-22-72-24-26-74-28-30-76-32-31-75-29-27-73-25-23-71-21-19-69-17-15-67-13-10-44(62)78-49-45(52)47(54)50(79(64,65)66)48(55)46(49)53/h6-9,33,35H,4-5,10-32,34,36-37H2,1-3H3,(H2,56,58)(H,64,65,66). The number of nitrogens with two attached hydrogens (primary N) is 1. The predicted octanol–water partition coefficient (Wildman–Crippen LogP) is 4.29. The summed E-state index contributed by atoms with van der Waals surface area (Å²) in [6.07, 6.45) is 3.90. The van der Waals surface area contributed by atoms with Crippen LogP contribution < -0.4 is 10.5 Å². The maximum absolute atomic E-state index is 14.0. The van der Waals surface area contributed by atoms with Gasteiger partial charge in [-0.05, 0) is 37.6 Å². The molecular weight excluding hydrogens is 1080 g/mol. The molecule has 23 nitrogen and oxygen atoms in total. The number of amidine groups is 1. The van der Waals surface area contributed by atoms with Crippen LogP contribution in [0.3, 0.4) is 0 Å². The van der Waals surface area contributed by atoms with E-state index >= 15 is 0 Å². The van der Waals surface area contributed by atoms with E-state index in [9.17, 15) is 35.6 Å². The first-order valence-electron chi connectivity index (χ1n) is 25.8. The topological polar surface area (TPSA) is 262 Å². The quantitative estimate of drug-likeness (QED) is 0.0152. The number of amides is 1. The van der Waals surface area contributed by atoms with E-state index in [1.165, 1.54) is 10.6 Å². The Balaban J connectivity index is 0.861. The number of rotatable bonds is 44. The van der Waals surface area contributed by atoms with Crippen molar-refractivity contribution < 1.29 is 97.1 Å². The van der Waals surface area contributed by atoms with Crippen LogP contribution in [0.4, 0.5) is 23.2 Å². The van der Waals surface area contributed by atoms with Crippen LogP contribution in [0.1, 0.15) is 49.9 Å². The van der Waals surface area contributed by atoms with Crippen LogP contribution in [0.25, 0.3) is 6.08 Å². The minimum atomic E-state index is -5.65. The summed E-state index contributed by atoms with van der Waals surface area (Å²) in [6, 6.07) is 8.36. The molecule has 0 bridgehead atoms. The molecule has 0 aliphatic carbocycles. The van der Waals surface area contributed by atoms with Gasteiger partial charge in [0.25, 0.3) is 5.91 Å². The summed E-state index contributed by atoms with van der Waals surface area (Å²) in [5, 5.41) is 5.94. The van der Waals surface area contributed by atoms with Gasteiger partial charge in [0.2, 0.25) is 17.4 Å². The number of aliphatic imine (C=N–C) groups is 1. The lowest BCUT2D eigenvalue weighted by Crippen LogP contribution is -2.34. The Morgan fingerprint density at radius 2 is 1.10 bits per heavy atom. The minimum absolute atomic E-state index is 0.0220. The van der Waals surface area contributed by atoms with Crippen LogP contribution in [0.5, 0.6) is 5.75 Å². The third kappa shape index (κ3) is 25.1. The second-order valence-electron chi connectivity index (χ2n) is 17.1. The summed E-state index contributed by atoms with van der Waals surface area (Å²) in [6.45, 7) is 13.4. The number of halogens is 4. The van der Waals surface area contributed by atoms with Gasteiger partial charge in [-0.2, -0.15) is 22.3 Å². The zero-order valence-corrected chi connectivity index (χ0v) is 45.8. The number of carbonyl (C=O) groups is 2. The number of aromatic nitrogens is 2. The summed E-state index contributed by atoms with van der Waals surface area (Å²) in [5.74, 6) is -12.5. The smallest absolute Gasteiger partial charge is 0.313 e. The minimum Gasteiger partial charge on any atom is -0.420 e. The summed E-state index contributed by atoms with van der Waals surface area (Å²) in [5.41, 5.74) is 10.3. The van der Waals surface area contributed by atoms with Crippen molar-refractivity contribution in [3.8, 4) is 5.75 Å². The molecule has 0 saturated carbocycles. The number of ether oxygens (including phenoxy) is 11. The average molecular weight is 1150 g/mol. The van der Waals surface area contributed by atoms with Crippen LogP contribution in [-0.2, 0) is 85.0 Å². The third-order valence-electron chi connectivity index (χ3n) is 10.9. The van der Waals surface area contributed by atoms with Crippen molar-refractivity contribution in [1.82, 2.24) is 19.7 Å². The number of carbonyl (C=O) groups excluding carboxylic acids is 2. The fourth-order valence-electron chi connectivity index (χ4n) is 7.08. The van der Waals surface area contributed by atoms with E-state index in [2.05, 4.69) is 44.0 Å². The van der Waals surface area contributed by atoms with Gasteiger partial charge in [0.1, 0.15) is 11.5 Å². The molecule has 1 amide bonds. The van der Waals surface area contributed by atoms with Gasteiger partial charge >= 0.3 is 16.1 Å². The van der Waals surface area contributed by atoms with Crippen LogP contribution in [0.2, 0.25) is 0 Å². The Hall–Kier alpha value is -5.05. The zero-order valence-electron chi connectivity index (χ0n) is 45.0. The Kier molecular flexibility index (Phi) is 31.8. The highest BCUT2D eigenvalue weighted by Crippen LogP contribution is 2.33. The monoisotopic (exact) mass is 1150 g/mol. The van der Waals surface area contributed by atoms with E-state index in [0.717, 1.165) is 30.8 Å². The average Bonchev–Trinajstić information content (AvgIpc) is 3.83. The molecule has 1 aliphatic heterocycles. The highest BCUT2D eigenvalue weighted by atomic mass is 32.2. The van der Waals surface area contributed by atoms with Crippen LogP contribution >= 0.6 is 0 Å². The molecule has 79 heavy (non-hydrogen) atoms. The number of nitrogens with zero attached hydrogens (tertiary/aromatic N) is 5. The molecule has 1 aromatic heterocycles. The largest absolute Gasteiger partial charge is 0.420 e. The Morgan fingerprint density at radius 1 is 0.658 bits per heavy atom. The molecule has 2 aromatic carbocycles. The normalized spacial score (nSPS) is 12.7. The SMILES string of the molecule is CCCN(OCC)C(=O)C1=Cc2c(cnn2Cc2ccc(CN(C)CCOCCOCCOCCOCCOCCOCCOCCOCCOCCOCCC(=O)Oc3c(F)c(F)c(S(=O)(=O)O)c(F)c3F)cc2)N=C(N)C1. The molecule has 0 fully saturated rings. The van der Waals surface area contributed by atoms with Crippen molar-refractivity contribution in [2.24, 2.45) is 10.7 Å². The van der Waals surface area contributed by atoms with Crippen LogP contribution in [-0.4, -0.2) is 209 Å². The van der Waals surface area contributed by atoms with Crippen molar-refractivity contribution in [3.63, 3.8) is 0 Å². The van der Waals surface area contributed by atoms with E-state index in [0.29, 0.717) is 136 Å². The Morgan fingerprint density at radius 3 is 1.54 bits per heavy atom. The van der Waals surface area contributed by atoms with Gasteiger partial charge in [0.05, 0.1) is 164 Å². The zero-order chi connectivity index (χ0) is 57.3. The number of benzene rings is 2. The van der Waals surface area contributed by atoms with Crippen LogP contribution in [0, 0.1) is 23.3 Å². The van der Waals surface area contributed by atoms with E-state index < -0.39 is 56.4 Å². The summed E-state index contributed by atoms with van der Waals surface area (Å²) >= 11 is 0. The first kappa shape index (κ1) is 66.5. The molecule has 3 aromatic rings. The van der Waals surface area contributed by atoms with Crippen molar-refractivity contribution in [2.45, 2.75) is 51.1 Å². The first-order chi connectivity index (χ1) is 38.1. The maximum atomic E-state index is 14.0. The van der Waals surface area contributed by atoms with E-state index in [1.54, 1.807) is 6.20 Å². The van der Waals surface area contributed by atoms with Gasteiger partial charge in [-0.25, -0.2) is 18.8 Å². The molecule has 4 rings (SSSR count). The highest BCUT2D eigenvalue weighted by Gasteiger charge is 2.34. The van der Waals surface area contributed by atoms with E-state index in [1.807, 2.05) is 31.7 Å². The predicted molar refractivity (Wildman–Crippen MR) is 276 cm³/mol. The number of esters is 1. The van der Waals surface area contributed by atoms with Gasteiger partial charge in [0.15, 0.2) is 16.5 Å². The first-order valence-corrected chi connectivity index (χ1v) is 27.2. The van der Waals surface area contributed by atoms with Gasteiger partial charge in [0, 0.05) is 31.6 Å². The highest BCUT2D eigenvalue weighted by molar-refractivity contribution is 7.85. The summed E-state index contributed by atoms with van der Waals surface area (Å²) in [4.78, 5) is 35.2. The second-order valence-corrected chi connectivity index (χ2v) is 18.5. The van der Waals surface area contributed by atoms with Crippen molar-refractivity contribution in [2.75, 3.05) is 159 Å².